The maximum absolute atomic E-state index is 13.8. The fraction of sp³-hybridized carbons (Fsp3) is 0.385. The zero-order valence-corrected chi connectivity index (χ0v) is 9.37. The van der Waals surface area contributed by atoms with Crippen molar-refractivity contribution in [3.63, 3.8) is 0 Å². The monoisotopic (exact) mass is 221 g/mol. The molecule has 3 heteroatoms. The molecule has 0 spiro atoms. The zero-order chi connectivity index (χ0) is 11.5. The van der Waals surface area contributed by atoms with Crippen LogP contribution in [0.3, 0.4) is 0 Å². The molecule has 2 N–H and O–H groups in total. The van der Waals surface area contributed by atoms with Crippen LogP contribution >= 0.6 is 0 Å². The Labute approximate surface area is 94.9 Å². The molecular weight excluding hydrogens is 205 g/mol. The van der Waals surface area contributed by atoms with Crippen molar-refractivity contribution in [1.82, 2.24) is 0 Å². The molecule has 0 bridgehead atoms. The van der Waals surface area contributed by atoms with Crippen LogP contribution in [0.1, 0.15) is 18.4 Å². The number of rotatable bonds is 3. The highest BCUT2D eigenvalue weighted by atomic mass is 19.1. The van der Waals surface area contributed by atoms with Crippen LogP contribution in [0, 0.1) is 5.82 Å². The number of benzene rings is 1. The fourth-order valence-electron chi connectivity index (χ4n) is 2.06. The van der Waals surface area contributed by atoms with Crippen LogP contribution < -0.4 is 10.5 Å². The van der Waals surface area contributed by atoms with E-state index in [4.69, 9.17) is 10.5 Å². The lowest BCUT2D eigenvalue weighted by Gasteiger charge is -2.07. The van der Waals surface area contributed by atoms with Crippen molar-refractivity contribution in [2.24, 2.45) is 5.73 Å². The van der Waals surface area contributed by atoms with Crippen LogP contribution in [-0.2, 0) is 6.42 Å². The van der Waals surface area contributed by atoms with E-state index in [0.29, 0.717) is 17.7 Å². The van der Waals surface area contributed by atoms with E-state index >= 15 is 0 Å². The van der Waals surface area contributed by atoms with E-state index in [1.54, 1.807) is 12.1 Å². The van der Waals surface area contributed by atoms with Crippen LogP contribution in [0.5, 0.6) is 5.75 Å². The summed E-state index contributed by atoms with van der Waals surface area (Å²) in [4.78, 5) is 0. The molecule has 1 aromatic carbocycles. The zero-order valence-electron chi connectivity index (χ0n) is 9.37. The molecule has 0 radical (unpaired) electrons. The summed E-state index contributed by atoms with van der Waals surface area (Å²) in [6.07, 6.45) is 4.62. The lowest BCUT2D eigenvalue weighted by Crippen LogP contribution is -2.11. The van der Waals surface area contributed by atoms with E-state index in [1.807, 2.05) is 12.1 Å². The molecule has 0 amide bonds. The Morgan fingerprint density at radius 2 is 2.31 bits per heavy atom. The lowest BCUT2D eigenvalue weighted by molar-refractivity contribution is 0.384. The topological polar surface area (TPSA) is 35.2 Å². The number of methoxy groups -OCH3 is 1. The van der Waals surface area contributed by atoms with Crippen molar-refractivity contribution in [3.05, 3.63) is 41.2 Å². The fourth-order valence-corrected chi connectivity index (χ4v) is 2.06. The van der Waals surface area contributed by atoms with Crippen molar-refractivity contribution in [3.8, 4) is 5.75 Å². The van der Waals surface area contributed by atoms with Gasteiger partial charge in [0.05, 0.1) is 7.11 Å². The summed E-state index contributed by atoms with van der Waals surface area (Å²) in [5.41, 5.74) is 7.68. The van der Waals surface area contributed by atoms with Gasteiger partial charge in [0.1, 0.15) is 0 Å². The van der Waals surface area contributed by atoms with Crippen molar-refractivity contribution < 1.29 is 9.13 Å². The molecule has 0 aliphatic heterocycles. The minimum absolute atomic E-state index is 0.142. The second-order valence-corrected chi connectivity index (χ2v) is 4.14. The van der Waals surface area contributed by atoms with Gasteiger partial charge >= 0.3 is 0 Å². The van der Waals surface area contributed by atoms with Gasteiger partial charge < -0.3 is 10.5 Å². The average molecular weight is 221 g/mol. The van der Waals surface area contributed by atoms with Gasteiger partial charge in [0.15, 0.2) is 11.6 Å². The quantitative estimate of drug-likeness (QED) is 0.795. The summed E-state index contributed by atoms with van der Waals surface area (Å²) < 4.78 is 18.8. The molecule has 0 saturated carbocycles. The summed E-state index contributed by atoms with van der Waals surface area (Å²) in [5, 5.41) is 0. The predicted molar refractivity (Wildman–Crippen MR) is 61.9 cm³/mol. The van der Waals surface area contributed by atoms with Crippen LogP contribution in [-0.4, -0.2) is 13.2 Å². The molecule has 1 aromatic rings. The van der Waals surface area contributed by atoms with Crippen molar-refractivity contribution in [2.75, 3.05) is 7.11 Å². The van der Waals surface area contributed by atoms with E-state index in [9.17, 15) is 4.39 Å². The van der Waals surface area contributed by atoms with E-state index in [1.165, 1.54) is 12.7 Å². The van der Waals surface area contributed by atoms with E-state index in [2.05, 4.69) is 0 Å². The molecular formula is C13H16FNO. The molecule has 1 atom stereocenters. The number of hydrogen-bond acceptors (Lipinski definition) is 2. The van der Waals surface area contributed by atoms with E-state index < -0.39 is 0 Å². The van der Waals surface area contributed by atoms with Crippen LogP contribution in [0.2, 0.25) is 0 Å². The van der Waals surface area contributed by atoms with Crippen molar-refractivity contribution in [1.29, 1.82) is 0 Å². The lowest BCUT2D eigenvalue weighted by atomic mass is 10.0. The third-order valence-electron chi connectivity index (χ3n) is 2.93. The molecule has 86 valence electrons. The molecule has 16 heavy (non-hydrogen) atoms. The third kappa shape index (κ3) is 2.25. The largest absolute Gasteiger partial charge is 0.494 e. The Bertz CT molecular complexity index is 414. The first-order chi connectivity index (χ1) is 7.70. The van der Waals surface area contributed by atoms with E-state index in [0.717, 1.165) is 12.8 Å². The Balaban J connectivity index is 2.18. The molecule has 0 aromatic heterocycles. The summed E-state index contributed by atoms with van der Waals surface area (Å²) in [6.45, 7) is 0. The summed E-state index contributed by atoms with van der Waals surface area (Å²) >= 11 is 0. The molecule has 0 fully saturated rings. The van der Waals surface area contributed by atoms with Gasteiger partial charge in [-0.1, -0.05) is 23.8 Å². The Morgan fingerprint density at radius 3 is 2.94 bits per heavy atom. The Morgan fingerprint density at radius 1 is 1.50 bits per heavy atom. The van der Waals surface area contributed by atoms with Crippen molar-refractivity contribution in [2.45, 2.75) is 25.3 Å². The SMILES string of the molecule is COc1cccc(CC2=CC(N)CC2)c1F. The van der Waals surface area contributed by atoms with E-state index in [-0.39, 0.29) is 11.9 Å². The maximum atomic E-state index is 13.8. The first-order valence-corrected chi connectivity index (χ1v) is 5.47. The second kappa shape index (κ2) is 4.66. The maximum Gasteiger partial charge on any atom is 0.168 e. The van der Waals surface area contributed by atoms with Gasteiger partial charge in [0, 0.05) is 6.04 Å². The molecule has 1 unspecified atom stereocenters. The highest BCUT2D eigenvalue weighted by molar-refractivity contribution is 5.34. The normalized spacial score (nSPS) is 19.7. The van der Waals surface area contributed by atoms with Crippen LogP contribution in [0.15, 0.2) is 29.8 Å². The highest BCUT2D eigenvalue weighted by Gasteiger charge is 2.15. The summed E-state index contributed by atoms with van der Waals surface area (Å²) in [6, 6.07) is 5.38. The second-order valence-electron chi connectivity index (χ2n) is 4.14. The molecule has 0 saturated heterocycles. The van der Waals surface area contributed by atoms with Crippen LogP contribution in [0.4, 0.5) is 4.39 Å². The van der Waals surface area contributed by atoms with Crippen LogP contribution in [0.25, 0.3) is 0 Å². The standard InChI is InChI=1S/C13H16FNO/c1-16-12-4-2-3-10(13(12)14)7-9-5-6-11(15)8-9/h2-4,8,11H,5-7,15H2,1H3. The first-order valence-electron chi connectivity index (χ1n) is 5.47. The molecule has 2 rings (SSSR count). The number of ether oxygens (including phenoxy) is 1. The summed E-state index contributed by atoms with van der Waals surface area (Å²) in [5.74, 6) is 0.0479. The van der Waals surface area contributed by atoms with Gasteiger partial charge in [-0.2, -0.15) is 0 Å². The minimum Gasteiger partial charge on any atom is -0.494 e. The molecule has 2 nitrogen and oxygen atoms in total. The number of nitrogens with two attached hydrogens (primary N) is 1. The molecule has 0 heterocycles. The Kier molecular flexibility index (Phi) is 3.25. The molecule has 1 aliphatic rings. The van der Waals surface area contributed by atoms with Gasteiger partial charge in [-0.3, -0.25) is 0 Å². The highest BCUT2D eigenvalue weighted by Crippen LogP contribution is 2.26. The van der Waals surface area contributed by atoms with Gasteiger partial charge in [0.2, 0.25) is 0 Å². The van der Waals surface area contributed by atoms with Gasteiger partial charge in [-0.05, 0) is 30.9 Å². The third-order valence-corrected chi connectivity index (χ3v) is 2.93. The number of halogens is 1. The average Bonchev–Trinajstić information content (AvgIpc) is 2.67. The minimum atomic E-state index is -0.258. The van der Waals surface area contributed by atoms with Gasteiger partial charge in [-0.15, -0.1) is 0 Å². The molecule has 1 aliphatic carbocycles. The number of allylic oxidation sites excluding steroid dienone is 1. The van der Waals surface area contributed by atoms with Gasteiger partial charge in [0.25, 0.3) is 0 Å². The predicted octanol–water partition coefficient (Wildman–Crippen LogP) is 2.42. The smallest absolute Gasteiger partial charge is 0.168 e. The summed E-state index contributed by atoms with van der Waals surface area (Å²) in [7, 11) is 1.48. The van der Waals surface area contributed by atoms with Crippen molar-refractivity contribution >= 4 is 0 Å². The van der Waals surface area contributed by atoms with Gasteiger partial charge in [-0.25, -0.2) is 4.39 Å². The first kappa shape index (κ1) is 11.1. The Hall–Kier alpha value is -1.35. The number of hydrogen-bond donors (Lipinski definition) is 1.